The van der Waals surface area contributed by atoms with Crippen LogP contribution < -0.4 is 4.90 Å². The summed E-state index contributed by atoms with van der Waals surface area (Å²) in [6.45, 7) is 3.57. The van der Waals surface area contributed by atoms with E-state index in [2.05, 4.69) is 26.0 Å². The molecule has 2 aromatic heterocycles. The summed E-state index contributed by atoms with van der Waals surface area (Å²) in [6.07, 6.45) is 3.85. The molecule has 3 rings (SSSR count). The molecule has 1 amide bonds. The first-order valence-electron chi connectivity index (χ1n) is 8.82. The molecule has 0 radical (unpaired) electrons. The van der Waals surface area contributed by atoms with Crippen LogP contribution in [-0.4, -0.2) is 66.0 Å². The van der Waals surface area contributed by atoms with Crippen LogP contribution in [0.15, 0.2) is 23.0 Å². The molecule has 2 aromatic rings. The van der Waals surface area contributed by atoms with Crippen LogP contribution in [0, 0.1) is 6.92 Å². The Bertz CT molecular complexity index is 746. The van der Waals surface area contributed by atoms with Crippen LogP contribution in [0.4, 0.5) is 5.82 Å². The van der Waals surface area contributed by atoms with Gasteiger partial charge in [-0.2, -0.15) is 0 Å². The first-order valence-corrected chi connectivity index (χ1v) is 8.82. The van der Waals surface area contributed by atoms with Gasteiger partial charge in [0.05, 0.1) is 19.1 Å². The van der Waals surface area contributed by atoms with Crippen molar-refractivity contribution in [2.75, 3.05) is 38.7 Å². The Morgan fingerprint density at radius 1 is 1.38 bits per heavy atom. The fraction of sp³-hybridized carbons (Fsp3) is 0.556. The minimum absolute atomic E-state index is 0.0379. The fourth-order valence-electron chi connectivity index (χ4n) is 2.97. The molecule has 0 unspecified atom stereocenters. The largest absolute Gasteiger partial charge is 0.375 e. The van der Waals surface area contributed by atoms with E-state index in [0.717, 1.165) is 18.7 Å². The molecule has 1 atom stereocenters. The number of aromatic nitrogens is 3. The predicted octanol–water partition coefficient (Wildman–Crippen LogP) is 1.24. The van der Waals surface area contributed by atoms with Gasteiger partial charge in [-0.05, 0) is 37.5 Å². The van der Waals surface area contributed by atoms with Crippen molar-refractivity contribution >= 4 is 11.7 Å². The standard InChI is InChI=1S/C18H25N5O3/c1-13-16(21-26-20-13)11-18(24)23-8-9-25-15(12-23)5-4-14-6-7-19-17(10-14)22(2)3/h6-7,10,15H,4-5,8-9,11-12H2,1-3H3/t15-/m1/s1. The maximum Gasteiger partial charge on any atom is 0.228 e. The number of hydrogen-bond donors (Lipinski definition) is 0. The molecule has 8 heteroatoms. The van der Waals surface area contributed by atoms with E-state index in [0.29, 0.717) is 31.1 Å². The molecular formula is C18H25N5O3. The van der Waals surface area contributed by atoms with E-state index in [9.17, 15) is 4.79 Å². The number of anilines is 1. The van der Waals surface area contributed by atoms with Crippen molar-refractivity contribution in [3.8, 4) is 0 Å². The topological polar surface area (TPSA) is 84.6 Å². The van der Waals surface area contributed by atoms with E-state index in [1.165, 1.54) is 5.56 Å². The van der Waals surface area contributed by atoms with Gasteiger partial charge in [0.25, 0.3) is 0 Å². The van der Waals surface area contributed by atoms with Gasteiger partial charge in [0.1, 0.15) is 17.2 Å². The van der Waals surface area contributed by atoms with Gasteiger partial charge >= 0.3 is 0 Å². The van der Waals surface area contributed by atoms with Crippen LogP contribution in [0.5, 0.6) is 0 Å². The molecular weight excluding hydrogens is 334 g/mol. The molecule has 0 N–H and O–H groups in total. The molecule has 1 saturated heterocycles. The van der Waals surface area contributed by atoms with E-state index >= 15 is 0 Å². The van der Waals surface area contributed by atoms with E-state index in [4.69, 9.17) is 4.74 Å². The summed E-state index contributed by atoms with van der Waals surface area (Å²) < 4.78 is 10.5. The van der Waals surface area contributed by atoms with Crippen LogP contribution in [0.3, 0.4) is 0 Å². The van der Waals surface area contributed by atoms with Crippen molar-refractivity contribution in [1.82, 2.24) is 20.2 Å². The molecule has 0 spiro atoms. The van der Waals surface area contributed by atoms with Crippen molar-refractivity contribution in [2.24, 2.45) is 0 Å². The van der Waals surface area contributed by atoms with Crippen LogP contribution in [0.25, 0.3) is 0 Å². The third-order valence-electron chi connectivity index (χ3n) is 4.58. The molecule has 8 nitrogen and oxygen atoms in total. The number of carbonyl (C=O) groups is 1. The molecule has 1 aliphatic rings. The molecule has 140 valence electrons. The molecule has 0 saturated carbocycles. The second kappa shape index (κ2) is 8.27. The number of morpholine rings is 1. The van der Waals surface area contributed by atoms with E-state index < -0.39 is 0 Å². The fourth-order valence-corrected chi connectivity index (χ4v) is 2.97. The predicted molar refractivity (Wildman–Crippen MR) is 95.9 cm³/mol. The maximum atomic E-state index is 12.5. The molecule has 3 heterocycles. The van der Waals surface area contributed by atoms with Crippen molar-refractivity contribution in [3.05, 3.63) is 35.3 Å². The summed E-state index contributed by atoms with van der Waals surface area (Å²) >= 11 is 0. The average Bonchev–Trinajstić information content (AvgIpc) is 3.05. The Labute approximate surface area is 153 Å². The minimum atomic E-state index is 0.0379. The third-order valence-corrected chi connectivity index (χ3v) is 4.58. The monoisotopic (exact) mass is 359 g/mol. The second-order valence-corrected chi connectivity index (χ2v) is 6.76. The number of rotatable bonds is 6. The van der Waals surface area contributed by atoms with Gasteiger partial charge in [0, 0.05) is 33.4 Å². The Morgan fingerprint density at radius 2 is 2.23 bits per heavy atom. The lowest BCUT2D eigenvalue weighted by Crippen LogP contribution is -2.46. The normalized spacial score (nSPS) is 17.3. The minimum Gasteiger partial charge on any atom is -0.375 e. The highest BCUT2D eigenvalue weighted by Crippen LogP contribution is 2.16. The number of amides is 1. The highest BCUT2D eigenvalue weighted by atomic mass is 16.6. The summed E-state index contributed by atoms with van der Waals surface area (Å²) in [6, 6.07) is 4.12. The van der Waals surface area contributed by atoms with E-state index in [1.54, 1.807) is 6.92 Å². The number of hydrogen-bond acceptors (Lipinski definition) is 7. The molecule has 1 aliphatic heterocycles. The van der Waals surface area contributed by atoms with Crippen LogP contribution in [0.1, 0.15) is 23.4 Å². The lowest BCUT2D eigenvalue weighted by atomic mass is 10.1. The van der Waals surface area contributed by atoms with Crippen molar-refractivity contribution in [3.63, 3.8) is 0 Å². The first kappa shape index (κ1) is 18.3. The van der Waals surface area contributed by atoms with Crippen LogP contribution in [-0.2, 0) is 22.4 Å². The second-order valence-electron chi connectivity index (χ2n) is 6.76. The maximum absolute atomic E-state index is 12.5. The zero-order chi connectivity index (χ0) is 18.5. The van der Waals surface area contributed by atoms with Gasteiger partial charge in [-0.25, -0.2) is 9.61 Å². The van der Waals surface area contributed by atoms with Gasteiger partial charge in [-0.1, -0.05) is 10.3 Å². The Balaban J connectivity index is 1.53. The lowest BCUT2D eigenvalue weighted by Gasteiger charge is -2.33. The third kappa shape index (κ3) is 4.57. The van der Waals surface area contributed by atoms with Crippen molar-refractivity contribution < 1.29 is 14.2 Å². The lowest BCUT2D eigenvalue weighted by molar-refractivity contribution is -0.138. The molecule has 0 bridgehead atoms. The van der Waals surface area contributed by atoms with E-state index in [-0.39, 0.29) is 18.4 Å². The highest BCUT2D eigenvalue weighted by molar-refractivity contribution is 5.78. The van der Waals surface area contributed by atoms with Crippen LogP contribution >= 0.6 is 0 Å². The number of nitrogens with zero attached hydrogens (tertiary/aromatic N) is 5. The smallest absolute Gasteiger partial charge is 0.228 e. The number of pyridine rings is 1. The Hall–Kier alpha value is -2.48. The first-order chi connectivity index (χ1) is 12.5. The molecule has 0 aromatic carbocycles. The molecule has 0 aliphatic carbocycles. The van der Waals surface area contributed by atoms with Gasteiger partial charge in [0.15, 0.2) is 0 Å². The number of aryl methyl sites for hydroxylation is 2. The zero-order valence-electron chi connectivity index (χ0n) is 15.5. The zero-order valence-corrected chi connectivity index (χ0v) is 15.5. The highest BCUT2D eigenvalue weighted by Gasteiger charge is 2.25. The average molecular weight is 359 g/mol. The van der Waals surface area contributed by atoms with Crippen LogP contribution in [0.2, 0.25) is 0 Å². The van der Waals surface area contributed by atoms with E-state index in [1.807, 2.05) is 36.2 Å². The number of carbonyl (C=O) groups excluding carboxylic acids is 1. The summed E-state index contributed by atoms with van der Waals surface area (Å²) in [5.41, 5.74) is 2.49. The van der Waals surface area contributed by atoms with Crippen molar-refractivity contribution in [2.45, 2.75) is 32.3 Å². The van der Waals surface area contributed by atoms with Gasteiger partial charge in [0.2, 0.25) is 5.91 Å². The quantitative estimate of drug-likeness (QED) is 0.767. The summed E-state index contributed by atoms with van der Waals surface area (Å²) in [7, 11) is 3.96. The number of ether oxygens (including phenoxy) is 1. The summed E-state index contributed by atoms with van der Waals surface area (Å²) in [4.78, 5) is 20.7. The molecule has 1 fully saturated rings. The Kier molecular flexibility index (Phi) is 5.82. The summed E-state index contributed by atoms with van der Waals surface area (Å²) in [5, 5.41) is 7.52. The van der Waals surface area contributed by atoms with Gasteiger partial charge in [-0.3, -0.25) is 4.79 Å². The molecule has 26 heavy (non-hydrogen) atoms. The van der Waals surface area contributed by atoms with Gasteiger partial charge < -0.3 is 14.5 Å². The summed E-state index contributed by atoms with van der Waals surface area (Å²) in [5.74, 6) is 0.983. The SMILES string of the molecule is Cc1nonc1CC(=O)N1CCO[C@H](CCc2ccnc(N(C)C)c2)C1. The Morgan fingerprint density at radius 3 is 2.96 bits per heavy atom. The van der Waals surface area contributed by atoms with Gasteiger partial charge in [-0.15, -0.1) is 0 Å². The van der Waals surface area contributed by atoms with Crippen molar-refractivity contribution in [1.29, 1.82) is 0 Å².